The summed E-state index contributed by atoms with van der Waals surface area (Å²) in [7, 11) is 1.54. The van der Waals surface area contributed by atoms with Gasteiger partial charge < -0.3 is 24.8 Å². The minimum atomic E-state index is -0.348. The number of hydrogen-bond acceptors (Lipinski definition) is 10. The van der Waals surface area contributed by atoms with Gasteiger partial charge in [-0.2, -0.15) is 10.4 Å². The Balaban J connectivity index is 1.28. The average Bonchev–Trinajstić information content (AvgIpc) is 3.50. The summed E-state index contributed by atoms with van der Waals surface area (Å²) in [6.45, 7) is 3.43. The maximum Gasteiger partial charge on any atom is 0.253 e. The van der Waals surface area contributed by atoms with Crippen LogP contribution in [-0.4, -0.2) is 73.1 Å². The van der Waals surface area contributed by atoms with Crippen LogP contribution in [0.1, 0.15) is 35.7 Å². The number of methoxy groups -OCH3 is 1. The lowest BCUT2D eigenvalue weighted by Gasteiger charge is -2.29. The molecule has 0 bridgehead atoms. The molecule has 3 heterocycles. The highest BCUT2D eigenvalue weighted by atomic mass is 16.5. The lowest BCUT2D eigenvalue weighted by molar-refractivity contribution is 0.0546. The van der Waals surface area contributed by atoms with Gasteiger partial charge >= 0.3 is 0 Å². The number of nitriles is 1. The second kappa shape index (κ2) is 12.4. The normalized spacial score (nSPS) is 14.2. The lowest BCUT2D eigenvalue weighted by Crippen LogP contribution is -2.40. The van der Waals surface area contributed by atoms with Crippen LogP contribution in [0, 0.1) is 11.3 Å². The third-order valence-corrected chi connectivity index (χ3v) is 6.77. The monoisotopic (exact) mass is 554 g/mol. The van der Waals surface area contributed by atoms with Crippen LogP contribution >= 0.6 is 0 Å². The second-order valence-corrected chi connectivity index (χ2v) is 9.73. The summed E-state index contributed by atoms with van der Waals surface area (Å²) >= 11 is 0. The number of rotatable bonds is 9. The third-order valence-electron chi connectivity index (χ3n) is 6.77. The fourth-order valence-electron chi connectivity index (χ4n) is 4.58. The van der Waals surface area contributed by atoms with Crippen LogP contribution in [0.5, 0.6) is 11.5 Å². The van der Waals surface area contributed by atoms with Crippen molar-refractivity contribution in [2.75, 3.05) is 25.5 Å². The minimum Gasteiger partial charge on any atom is -0.495 e. The molecule has 1 atom stereocenters. The molecule has 1 aliphatic heterocycles. The van der Waals surface area contributed by atoms with Gasteiger partial charge in [0.2, 0.25) is 5.95 Å². The number of aromatic nitrogens is 5. The number of piperidine rings is 1. The zero-order chi connectivity index (χ0) is 28.8. The molecule has 5 rings (SSSR count). The number of benzene rings is 2. The number of carbonyl (C=O) groups excluding carboxylic acids is 1. The van der Waals surface area contributed by atoms with E-state index in [2.05, 4.69) is 31.4 Å². The van der Waals surface area contributed by atoms with Crippen molar-refractivity contribution in [1.82, 2.24) is 29.6 Å². The van der Waals surface area contributed by atoms with E-state index >= 15 is 0 Å². The largest absolute Gasteiger partial charge is 0.495 e. The molecule has 1 aliphatic rings. The fourth-order valence-corrected chi connectivity index (χ4v) is 4.58. The van der Waals surface area contributed by atoms with E-state index in [1.807, 2.05) is 13.0 Å². The molecule has 12 nitrogen and oxygen atoms in total. The molecule has 210 valence electrons. The Morgan fingerprint density at radius 2 is 1.93 bits per heavy atom. The topological polar surface area (TPSA) is 151 Å². The van der Waals surface area contributed by atoms with E-state index < -0.39 is 0 Å². The molecule has 2 aromatic heterocycles. The van der Waals surface area contributed by atoms with Gasteiger partial charge in [0, 0.05) is 36.6 Å². The number of nitrogens with one attached hydrogen (secondary N) is 1. The Hall–Kier alpha value is -5.02. The van der Waals surface area contributed by atoms with Crippen molar-refractivity contribution >= 4 is 17.5 Å². The number of nitrogens with zero attached hydrogens (tertiary/aromatic N) is 7. The number of anilines is 2. The number of aliphatic hydroxyl groups is 1. The van der Waals surface area contributed by atoms with Gasteiger partial charge in [0.05, 0.1) is 31.0 Å². The maximum atomic E-state index is 12.9. The number of ether oxygens (including phenoxy) is 2. The van der Waals surface area contributed by atoms with Gasteiger partial charge in [-0.15, -0.1) is 0 Å². The third kappa shape index (κ3) is 6.59. The predicted molar refractivity (Wildman–Crippen MR) is 150 cm³/mol. The Kier molecular flexibility index (Phi) is 8.36. The lowest BCUT2D eigenvalue weighted by atomic mass is 10.1. The molecule has 0 aliphatic carbocycles. The molecular weight excluding hydrogens is 524 g/mol. The van der Waals surface area contributed by atoms with E-state index in [1.165, 1.54) is 13.4 Å². The van der Waals surface area contributed by atoms with Gasteiger partial charge in [-0.25, -0.2) is 19.6 Å². The zero-order valence-corrected chi connectivity index (χ0v) is 22.8. The highest BCUT2D eigenvalue weighted by Crippen LogP contribution is 2.30. The highest BCUT2D eigenvalue weighted by molar-refractivity contribution is 5.95. The first kappa shape index (κ1) is 27.5. The maximum absolute atomic E-state index is 12.9. The predicted octanol–water partition coefficient (Wildman–Crippen LogP) is 3.42. The van der Waals surface area contributed by atoms with Crippen molar-refractivity contribution in [3.05, 3.63) is 72.6 Å². The van der Waals surface area contributed by atoms with E-state index in [-0.39, 0.29) is 18.1 Å². The number of hydrogen-bond donors (Lipinski definition) is 2. The molecular formula is C29H30N8O4. The molecule has 41 heavy (non-hydrogen) atoms. The quantitative estimate of drug-likeness (QED) is 0.315. The Morgan fingerprint density at radius 3 is 2.61 bits per heavy atom. The first-order valence-electron chi connectivity index (χ1n) is 13.2. The molecule has 2 N–H and O–H groups in total. The molecule has 1 saturated heterocycles. The van der Waals surface area contributed by atoms with Gasteiger partial charge in [0.15, 0.2) is 0 Å². The van der Waals surface area contributed by atoms with E-state index in [0.717, 1.165) is 11.1 Å². The SMILES string of the molecule is COc1cc(C(=O)N2CCC(O)CC2)ccc1Nc1ncc(-c2ccc(C#N)c(OC(C)Cn3cncn3)c2)cn1. The molecule has 4 aromatic rings. The van der Waals surface area contributed by atoms with Crippen molar-refractivity contribution in [2.45, 2.75) is 38.5 Å². The van der Waals surface area contributed by atoms with Crippen molar-refractivity contribution in [1.29, 1.82) is 5.26 Å². The molecule has 12 heteroatoms. The summed E-state index contributed by atoms with van der Waals surface area (Å²) in [5, 5.41) is 26.5. The number of carbonyl (C=O) groups is 1. The van der Waals surface area contributed by atoms with Crippen LogP contribution in [0.4, 0.5) is 11.6 Å². The van der Waals surface area contributed by atoms with E-state index in [4.69, 9.17) is 9.47 Å². The fraction of sp³-hybridized carbons (Fsp3) is 0.310. The van der Waals surface area contributed by atoms with Crippen LogP contribution in [-0.2, 0) is 6.54 Å². The number of amides is 1. The van der Waals surface area contributed by atoms with Crippen molar-refractivity contribution in [2.24, 2.45) is 0 Å². The molecule has 1 unspecified atom stereocenters. The van der Waals surface area contributed by atoms with Crippen LogP contribution in [0.15, 0.2) is 61.4 Å². The summed E-state index contributed by atoms with van der Waals surface area (Å²) in [5.74, 6) is 1.19. The van der Waals surface area contributed by atoms with E-state index in [9.17, 15) is 15.2 Å². The zero-order valence-electron chi connectivity index (χ0n) is 22.8. The standard InChI is InChI=1S/C29H30N8O4/c1-19(16-37-18-31-17-34-37)41-26-11-20(3-4-22(26)13-30)23-14-32-29(33-15-23)35-25-6-5-21(12-27(25)40-2)28(39)36-9-7-24(38)8-10-36/h3-6,11-12,14-15,17-19,24,38H,7-10,16H2,1-2H3,(H,32,33,35). The minimum absolute atomic E-state index is 0.0964. The summed E-state index contributed by atoms with van der Waals surface area (Å²) in [4.78, 5) is 27.5. The first-order chi connectivity index (χ1) is 19.9. The van der Waals surface area contributed by atoms with Crippen LogP contribution in [0.25, 0.3) is 11.1 Å². The molecule has 1 amide bonds. The van der Waals surface area contributed by atoms with E-state index in [0.29, 0.717) is 66.7 Å². The van der Waals surface area contributed by atoms with Gasteiger partial charge in [-0.3, -0.25) is 4.79 Å². The van der Waals surface area contributed by atoms with Gasteiger partial charge in [-0.1, -0.05) is 6.07 Å². The van der Waals surface area contributed by atoms with Crippen molar-refractivity contribution in [3.8, 4) is 28.7 Å². The Labute approximate surface area is 237 Å². The average molecular weight is 555 g/mol. The van der Waals surface area contributed by atoms with E-state index in [1.54, 1.807) is 58.6 Å². The molecule has 2 aromatic carbocycles. The molecule has 1 fully saturated rings. The highest BCUT2D eigenvalue weighted by Gasteiger charge is 2.23. The van der Waals surface area contributed by atoms with Crippen LogP contribution in [0.3, 0.4) is 0 Å². The Bertz CT molecular complexity index is 1530. The number of aliphatic hydroxyl groups excluding tert-OH is 1. The van der Waals surface area contributed by atoms with Crippen LogP contribution in [0.2, 0.25) is 0 Å². The smallest absolute Gasteiger partial charge is 0.253 e. The molecule has 0 spiro atoms. The molecule has 0 saturated carbocycles. The van der Waals surface area contributed by atoms with Crippen molar-refractivity contribution < 1.29 is 19.4 Å². The second-order valence-electron chi connectivity index (χ2n) is 9.73. The van der Waals surface area contributed by atoms with Gasteiger partial charge in [-0.05, 0) is 55.7 Å². The van der Waals surface area contributed by atoms with Gasteiger partial charge in [0.25, 0.3) is 5.91 Å². The Morgan fingerprint density at radius 1 is 1.15 bits per heavy atom. The molecule has 0 radical (unpaired) electrons. The van der Waals surface area contributed by atoms with Gasteiger partial charge in [0.1, 0.15) is 36.3 Å². The summed E-state index contributed by atoms with van der Waals surface area (Å²) < 4.78 is 13.2. The van der Waals surface area contributed by atoms with Crippen molar-refractivity contribution in [3.63, 3.8) is 0 Å². The first-order valence-corrected chi connectivity index (χ1v) is 13.2. The van der Waals surface area contributed by atoms with Crippen LogP contribution < -0.4 is 14.8 Å². The summed E-state index contributed by atoms with van der Waals surface area (Å²) in [6, 6.07) is 12.7. The summed E-state index contributed by atoms with van der Waals surface area (Å²) in [6.07, 6.45) is 6.99. The summed E-state index contributed by atoms with van der Waals surface area (Å²) in [5.41, 5.74) is 3.08. The number of likely N-dealkylation sites (tertiary alicyclic amines) is 1.